The molecule has 148 valence electrons. The molecule has 4 bridgehead atoms. The Kier molecular flexibility index (Phi) is 4.66. The number of benzene rings is 1. The number of nitrogens with one attached hydrogen (secondary N) is 1. The number of carbonyl (C=O) groups is 1. The molecule has 1 amide bonds. The number of para-hydroxylation sites is 1. The summed E-state index contributed by atoms with van der Waals surface area (Å²) in [6.07, 6.45) is 8.15. The Morgan fingerprint density at radius 2 is 1.82 bits per heavy atom. The van der Waals surface area contributed by atoms with E-state index in [4.69, 9.17) is 4.74 Å². The van der Waals surface area contributed by atoms with Crippen molar-refractivity contribution in [3.63, 3.8) is 0 Å². The molecule has 1 N–H and O–H groups in total. The molecule has 1 aromatic carbocycles. The van der Waals surface area contributed by atoms with E-state index in [1.54, 1.807) is 18.2 Å². The highest BCUT2D eigenvalue weighted by atomic mass is 32.1. The van der Waals surface area contributed by atoms with Gasteiger partial charge in [-0.2, -0.15) is 0 Å². The number of amides is 1. The van der Waals surface area contributed by atoms with Gasteiger partial charge >= 0.3 is 0 Å². The number of hydrogen-bond donors (Lipinski definition) is 1. The second-order valence-electron chi connectivity index (χ2n) is 9.14. The Hall–Kier alpha value is -1.88. The number of ether oxygens (including phenoxy) is 1. The van der Waals surface area contributed by atoms with E-state index in [2.05, 4.69) is 5.32 Å². The Morgan fingerprint density at radius 1 is 1.14 bits per heavy atom. The maximum atomic E-state index is 13.6. The first-order valence-corrected chi connectivity index (χ1v) is 11.2. The number of thiophene rings is 1. The van der Waals surface area contributed by atoms with E-state index in [0.717, 1.165) is 29.9 Å². The van der Waals surface area contributed by atoms with Gasteiger partial charge in [0.05, 0.1) is 4.88 Å². The monoisotopic (exact) mass is 399 g/mol. The molecular weight excluding hydrogens is 373 g/mol. The lowest BCUT2D eigenvalue weighted by atomic mass is 9.49. The molecule has 4 fully saturated rings. The van der Waals surface area contributed by atoms with Crippen LogP contribution in [0.1, 0.15) is 53.8 Å². The van der Waals surface area contributed by atoms with Crippen molar-refractivity contribution in [2.24, 2.45) is 23.2 Å². The molecule has 1 heterocycles. The van der Waals surface area contributed by atoms with Crippen LogP contribution in [0, 0.1) is 29.0 Å². The van der Waals surface area contributed by atoms with Gasteiger partial charge in [0.25, 0.3) is 5.91 Å². The molecule has 0 spiro atoms. The normalized spacial score (nSPS) is 30.4. The predicted octanol–water partition coefficient (Wildman–Crippen LogP) is 5.41. The molecule has 0 saturated heterocycles. The van der Waals surface area contributed by atoms with Crippen molar-refractivity contribution in [2.45, 2.75) is 45.1 Å². The van der Waals surface area contributed by atoms with Crippen molar-refractivity contribution < 1.29 is 13.9 Å². The van der Waals surface area contributed by atoms with Gasteiger partial charge in [0.2, 0.25) is 0 Å². The molecular formula is C23H26FNO2S. The van der Waals surface area contributed by atoms with Gasteiger partial charge in [-0.15, -0.1) is 11.3 Å². The summed E-state index contributed by atoms with van der Waals surface area (Å²) in [5.41, 5.74) is 1.24. The topological polar surface area (TPSA) is 38.3 Å². The first-order valence-electron chi connectivity index (χ1n) is 10.3. The van der Waals surface area contributed by atoms with Crippen LogP contribution in [0.4, 0.5) is 4.39 Å². The van der Waals surface area contributed by atoms with E-state index in [1.807, 2.05) is 11.4 Å². The van der Waals surface area contributed by atoms with Crippen LogP contribution in [0.15, 0.2) is 35.7 Å². The molecule has 6 rings (SSSR count). The van der Waals surface area contributed by atoms with Crippen LogP contribution in [0.2, 0.25) is 0 Å². The Morgan fingerprint density at radius 3 is 2.50 bits per heavy atom. The van der Waals surface area contributed by atoms with E-state index in [9.17, 15) is 9.18 Å². The van der Waals surface area contributed by atoms with Crippen molar-refractivity contribution in [3.8, 4) is 5.75 Å². The van der Waals surface area contributed by atoms with Crippen LogP contribution in [-0.2, 0) is 6.61 Å². The zero-order chi connectivity index (χ0) is 19.1. The molecule has 0 radical (unpaired) electrons. The molecule has 4 aliphatic rings. The lowest BCUT2D eigenvalue weighted by Gasteiger charge is -2.56. The molecule has 5 heteroatoms. The van der Waals surface area contributed by atoms with Crippen molar-refractivity contribution in [3.05, 3.63) is 52.0 Å². The minimum absolute atomic E-state index is 0.0119. The maximum Gasteiger partial charge on any atom is 0.261 e. The van der Waals surface area contributed by atoms with Gasteiger partial charge in [-0.05, 0) is 85.3 Å². The highest BCUT2D eigenvalue weighted by molar-refractivity contribution is 7.12. The average Bonchev–Trinajstić information content (AvgIpc) is 3.14. The van der Waals surface area contributed by atoms with Gasteiger partial charge < -0.3 is 10.1 Å². The van der Waals surface area contributed by atoms with Crippen molar-refractivity contribution in [1.29, 1.82) is 0 Å². The summed E-state index contributed by atoms with van der Waals surface area (Å²) in [7, 11) is 0. The number of rotatable bonds is 6. The predicted molar refractivity (Wildman–Crippen MR) is 108 cm³/mol. The van der Waals surface area contributed by atoms with E-state index >= 15 is 0 Å². The highest BCUT2D eigenvalue weighted by Crippen LogP contribution is 2.59. The van der Waals surface area contributed by atoms with Crippen LogP contribution < -0.4 is 10.1 Å². The molecule has 28 heavy (non-hydrogen) atoms. The van der Waals surface area contributed by atoms with Crippen molar-refractivity contribution in [1.82, 2.24) is 5.32 Å². The zero-order valence-electron chi connectivity index (χ0n) is 16.0. The molecule has 0 unspecified atom stereocenters. The first-order chi connectivity index (χ1) is 13.6. The number of carbonyl (C=O) groups excluding carboxylic acids is 1. The standard InChI is InChI=1S/C23H26FNO2S/c24-19-3-1-2-4-20(19)27-12-18-8-21(28-13-18)22(26)25-14-23-9-15-5-16(10-23)7-17(6-15)11-23/h1-4,8,13,15-17H,5-7,9-12,14H2,(H,25,26). The van der Waals surface area contributed by atoms with Gasteiger partial charge in [-0.3, -0.25) is 4.79 Å². The minimum atomic E-state index is -0.369. The van der Waals surface area contributed by atoms with Gasteiger partial charge in [-0.25, -0.2) is 4.39 Å². The van der Waals surface area contributed by atoms with E-state index < -0.39 is 0 Å². The second-order valence-corrected chi connectivity index (χ2v) is 10.0. The summed E-state index contributed by atoms with van der Waals surface area (Å²) >= 11 is 1.43. The fourth-order valence-electron chi connectivity index (χ4n) is 6.15. The molecule has 4 aliphatic carbocycles. The molecule has 0 aliphatic heterocycles. The summed E-state index contributed by atoms with van der Waals surface area (Å²) in [5.74, 6) is 2.57. The van der Waals surface area contributed by atoms with Gasteiger partial charge in [-0.1, -0.05) is 12.1 Å². The van der Waals surface area contributed by atoms with Crippen LogP contribution in [0.3, 0.4) is 0 Å². The van der Waals surface area contributed by atoms with Gasteiger partial charge in [0.15, 0.2) is 11.6 Å². The van der Waals surface area contributed by atoms with E-state index in [0.29, 0.717) is 10.3 Å². The van der Waals surface area contributed by atoms with Crippen LogP contribution in [0.25, 0.3) is 0 Å². The lowest BCUT2D eigenvalue weighted by molar-refractivity contribution is -0.0503. The third-order valence-corrected chi connectivity index (χ3v) is 7.88. The molecule has 2 aromatic rings. The lowest BCUT2D eigenvalue weighted by Crippen LogP contribution is -2.51. The molecule has 1 aromatic heterocycles. The minimum Gasteiger partial charge on any atom is -0.486 e. The zero-order valence-corrected chi connectivity index (χ0v) is 16.8. The quantitative estimate of drug-likeness (QED) is 0.705. The van der Waals surface area contributed by atoms with E-state index in [1.165, 1.54) is 55.9 Å². The van der Waals surface area contributed by atoms with Crippen LogP contribution >= 0.6 is 11.3 Å². The first kappa shape index (κ1) is 18.2. The van der Waals surface area contributed by atoms with Crippen molar-refractivity contribution >= 4 is 17.2 Å². The number of hydrogen-bond acceptors (Lipinski definition) is 3. The highest BCUT2D eigenvalue weighted by Gasteiger charge is 2.50. The Balaban J connectivity index is 1.17. The number of halogens is 1. The maximum absolute atomic E-state index is 13.6. The smallest absolute Gasteiger partial charge is 0.261 e. The third kappa shape index (κ3) is 3.57. The fourth-order valence-corrected chi connectivity index (χ4v) is 6.97. The van der Waals surface area contributed by atoms with Gasteiger partial charge in [0.1, 0.15) is 6.61 Å². The van der Waals surface area contributed by atoms with Crippen LogP contribution in [-0.4, -0.2) is 12.5 Å². The third-order valence-electron chi connectivity index (χ3n) is 6.90. The van der Waals surface area contributed by atoms with E-state index in [-0.39, 0.29) is 24.1 Å². The molecule has 3 nitrogen and oxygen atoms in total. The molecule has 0 atom stereocenters. The summed E-state index contributed by atoms with van der Waals surface area (Å²) in [6.45, 7) is 1.08. The second kappa shape index (κ2) is 7.18. The summed E-state index contributed by atoms with van der Waals surface area (Å²) in [4.78, 5) is 13.4. The summed E-state index contributed by atoms with van der Waals surface area (Å²) in [5, 5.41) is 5.14. The Labute approximate surface area is 169 Å². The fraction of sp³-hybridized carbons (Fsp3) is 0.522. The molecule has 4 saturated carbocycles. The largest absolute Gasteiger partial charge is 0.486 e. The summed E-state index contributed by atoms with van der Waals surface area (Å²) < 4.78 is 19.2. The Bertz CT molecular complexity index is 842. The SMILES string of the molecule is O=C(NCC12CC3CC(CC(C3)C1)C2)c1cc(COc2ccccc2F)cs1. The van der Waals surface area contributed by atoms with Crippen LogP contribution in [0.5, 0.6) is 5.75 Å². The van der Waals surface area contributed by atoms with Gasteiger partial charge in [0, 0.05) is 12.1 Å². The van der Waals surface area contributed by atoms with Crippen molar-refractivity contribution in [2.75, 3.05) is 6.54 Å². The average molecular weight is 400 g/mol. The summed E-state index contributed by atoms with van der Waals surface area (Å²) in [6, 6.07) is 8.24.